The van der Waals surface area contributed by atoms with E-state index in [-0.39, 0.29) is 12.0 Å². The molecule has 0 spiro atoms. The maximum absolute atomic E-state index is 12.0. The molecule has 0 heterocycles. The maximum atomic E-state index is 12.0. The summed E-state index contributed by atoms with van der Waals surface area (Å²) in [5, 5.41) is 15.1. The summed E-state index contributed by atoms with van der Waals surface area (Å²) in [6.07, 6.45) is 3.37. The third-order valence-corrected chi connectivity index (χ3v) is 4.41. The quantitative estimate of drug-likeness (QED) is 0.746. The Balaban J connectivity index is 1.85. The van der Waals surface area contributed by atoms with Crippen LogP contribution in [-0.4, -0.2) is 29.6 Å². The molecule has 0 saturated heterocycles. The highest BCUT2D eigenvalue weighted by Crippen LogP contribution is 2.23. The number of rotatable bonds is 4. The van der Waals surface area contributed by atoms with E-state index in [4.69, 9.17) is 0 Å². The van der Waals surface area contributed by atoms with E-state index >= 15 is 0 Å². The van der Waals surface area contributed by atoms with Crippen LogP contribution in [0.5, 0.6) is 0 Å². The van der Waals surface area contributed by atoms with Gasteiger partial charge in [-0.25, -0.2) is 0 Å². The van der Waals surface area contributed by atoms with Gasteiger partial charge in [0.15, 0.2) is 0 Å². The van der Waals surface area contributed by atoms with Gasteiger partial charge in [0.25, 0.3) is 0 Å². The molecule has 2 rings (SSSR count). The van der Waals surface area contributed by atoms with Gasteiger partial charge < -0.3 is 15.7 Å². The van der Waals surface area contributed by atoms with Crippen molar-refractivity contribution in [2.45, 2.75) is 51.6 Å². The lowest BCUT2D eigenvalue weighted by molar-refractivity contribution is -0.136. The number of nitrogens with one attached hydrogen (secondary N) is 2. The fraction of sp³-hybridized carbons (Fsp3) is 0.556. The summed E-state index contributed by atoms with van der Waals surface area (Å²) in [6.45, 7) is 4.49. The number of hydrogen-bond acceptors (Lipinski definition) is 3. The van der Waals surface area contributed by atoms with Gasteiger partial charge in [0.1, 0.15) is 0 Å². The molecule has 1 aliphatic rings. The summed E-state index contributed by atoms with van der Waals surface area (Å²) in [4.78, 5) is 23.9. The van der Waals surface area contributed by atoms with Gasteiger partial charge in [0, 0.05) is 18.2 Å². The smallest absolute Gasteiger partial charge is 0.313 e. The van der Waals surface area contributed by atoms with E-state index in [1.54, 1.807) is 6.07 Å². The Kier molecular flexibility index (Phi) is 6.16. The van der Waals surface area contributed by atoms with Crippen molar-refractivity contribution in [1.82, 2.24) is 5.32 Å². The average molecular weight is 318 g/mol. The molecule has 2 atom stereocenters. The molecule has 5 heteroatoms. The summed E-state index contributed by atoms with van der Waals surface area (Å²) in [5.74, 6) is -0.924. The standard InChI is InChI=1S/C18H26N2O3/c1-12(2)13-7-5-8-15(10-13)20-18(23)17(22)19-11-14-6-3-4-9-16(14)21/h5,7-8,10,12,14,16,21H,3-4,6,9,11H2,1-2H3,(H,19,22)(H,20,23)/t14-,16-/m0/s1. The normalized spacial score (nSPS) is 21.0. The minimum Gasteiger partial charge on any atom is -0.393 e. The number of aliphatic hydroxyl groups excluding tert-OH is 1. The van der Waals surface area contributed by atoms with Crippen LogP contribution in [0.1, 0.15) is 51.0 Å². The molecular weight excluding hydrogens is 292 g/mol. The van der Waals surface area contributed by atoms with Gasteiger partial charge >= 0.3 is 11.8 Å². The number of aliphatic hydroxyl groups is 1. The molecule has 0 aromatic heterocycles. The van der Waals surface area contributed by atoms with E-state index in [9.17, 15) is 14.7 Å². The average Bonchev–Trinajstić information content (AvgIpc) is 2.54. The molecule has 126 valence electrons. The summed E-state index contributed by atoms with van der Waals surface area (Å²) in [6, 6.07) is 7.49. The van der Waals surface area contributed by atoms with Crippen LogP contribution >= 0.6 is 0 Å². The van der Waals surface area contributed by atoms with Gasteiger partial charge in [0.2, 0.25) is 0 Å². The molecule has 0 aliphatic heterocycles. The SMILES string of the molecule is CC(C)c1cccc(NC(=O)C(=O)NC[C@@H]2CCCC[C@@H]2O)c1. The van der Waals surface area contributed by atoms with Crippen molar-refractivity contribution in [2.75, 3.05) is 11.9 Å². The van der Waals surface area contributed by atoms with E-state index < -0.39 is 11.8 Å². The first-order chi connectivity index (χ1) is 11.0. The molecule has 0 bridgehead atoms. The summed E-state index contributed by atoms with van der Waals surface area (Å²) >= 11 is 0. The van der Waals surface area contributed by atoms with Crippen molar-refractivity contribution in [1.29, 1.82) is 0 Å². The lowest BCUT2D eigenvalue weighted by atomic mass is 9.86. The van der Waals surface area contributed by atoms with E-state index in [2.05, 4.69) is 24.5 Å². The molecule has 1 aromatic carbocycles. The number of carbonyl (C=O) groups is 2. The minimum atomic E-state index is -0.670. The highest BCUT2D eigenvalue weighted by atomic mass is 16.3. The van der Waals surface area contributed by atoms with Crippen molar-refractivity contribution < 1.29 is 14.7 Å². The summed E-state index contributed by atoms with van der Waals surface area (Å²) < 4.78 is 0. The number of anilines is 1. The van der Waals surface area contributed by atoms with E-state index in [0.717, 1.165) is 31.2 Å². The second-order valence-electron chi connectivity index (χ2n) is 6.56. The molecule has 0 radical (unpaired) electrons. The topological polar surface area (TPSA) is 78.4 Å². The first kappa shape index (κ1) is 17.5. The Hall–Kier alpha value is -1.88. The van der Waals surface area contributed by atoms with Gasteiger partial charge in [-0.2, -0.15) is 0 Å². The van der Waals surface area contributed by atoms with Gasteiger partial charge in [-0.1, -0.05) is 38.8 Å². The largest absolute Gasteiger partial charge is 0.393 e. The number of amides is 2. The van der Waals surface area contributed by atoms with Crippen LogP contribution in [0, 0.1) is 5.92 Å². The van der Waals surface area contributed by atoms with Crippen LogP contribution in [0.3, 0.4) is 0 Å². The van der Waals surface area contributed by atoms with Crippen LogP contribution in [0.25, 0.3) is 0 Å². The Morgan fingerprint density at radius 2 is 1.96 bits per heavy atom. The molecule has 2 amide bonds. The van der Waals surface area contributed by atoms with Gasteiger partial charge in [-0.3, -0.25) is 9.59 Å². The predicted molar refractivity (Wildman–Crippen MR) is 90.1 cm³/mol. The molecule has 3 N–H and O–H groups in total. The van der Waals surface area contributed by atoms with E-state index in [1.807, 2.05) is 18.2 Å². The Morgan fingerprint density at radius 3 is 2.65 bits per heavy atom. The molecule has 1 fully saturated rings. The molecule has 23 heavy (non-hydrogen) atoms. The van der Waals surface area contributed by atoms with E-state index in [1.165, 1.54) is 0 Å². The van der Waals surface area contributed by atoms with Crippen molar-refractivity contribution in [3.63, 3.8) is 0 Å². The highest BCUT2D eigenvalue weighted by Gasteiger charge is 2.24. The third kappa shape index (κ3) is 5.06. The molecule has 5 nitrogen and oxygen atoms in total. The number of hydrogen-bond donors (Lipinski definition) is 3. The zero-order chi connectivity index (χ0) is 16.8. The Morgan fingerprint density at radius 1 is 1.22 bits per heavy atom. The summed E-state index contributed by atoms with van der Waals surface area (Å²) in [7, 11) is 0. The molecule has 1 aromatic rings. The van der Waals surface area contributed by atoms with Crippen molar-refractivity contribution >= 4 is 17.5 Å². The molecular formula is C18H26N2O3. The summed E-state index contributed by atoms with van der Waals surface area (Å²) in [5.41, 5.74) is 1.72. The fourth-order valence-corrected chi connectivity index (χ4v) is 2.89. The minimum absolute atomic E-state index is 0.0461. The lowest BCUT2D eigenvalue weighted by Gasteiger charge is -2.27. The second-order valence-corrected chi connectivity index (χ2v) is 6.56. The van der Waals surface area contributed by atoms with Crippen LogP contribution in [0.2, 0.25) is 0 Å². The van der Waals surface area contributed by atoms with Crippen LogP contribution in [0.15, 0.2) is 24.3 Å². The van der Waals surface area contributed by atoms with Crippen LogP contribution < -0.4 is 10.6 Å². The maximum Gasteiger partial charge on any atom is 0.313 e. The number of carbonyl (C=O) groups excluding carboxylic acids is 2. The van der Waals surface area contributed by atoms with Crippen LogP contribution in [0.4, 0.5) is 5.69 Å². The van der Waals surface area contributed by atoms with Gasteiger partial charge in [-0.15, -0.1) is 0 Å². The fourth-order valence-electron chi connectivity index (χ4n) is 2.89. The lowest BCUT2D eigenvalue weighted by Crippen LogP contribution is -2.41. The molecule has 1 aliphatic carbocycles. The zero-order valence-corrected chi connectivity index (χ0v) is 13.8. The van der Waals surface area contributed by atoms with Crippen molar-refractivity contribution in [3.8, 4) is 0 Å². The first-order valence-corrected chi connectivity index (χ1v) is 8.34. The first-order valence-electron chi connectivity index (χ1n) is 8.34. The van der Waals surface area contributed by atoms with Gasteiger partial charge in [-0.05, 0) is 36.5 Å². The van der Waals surface area contributed by atoms with E-state index in [0.29, 0.717) is 18.2 Å². The predicted octanol–water partition coefficient (Wildman–Crippen LogP) is 2.42. The highest BCUT2D eigenvalue weighted by molar-refractivity contribution is 6.39. The second kappa shape index (κ2) is 8.11. The van der Waals surface area contributed by atoms with Crippen LogP contribution in [-0.2, 0) is 9.59 Å². The zero-order valence-electron chi connectivity index (χ0n) is 13.8. The van der Waals surface area contributed by atoms with Gasteiger partial charge in [0.05, 0.1) is 6.10 Å². The monoisotopic (exact) mass is 318 g/mol. The van der Waals surface area contributed by atoms with Crippen molar-refractivity contribution in [2.24, 2.45) is 5.92 Å². The molecule has 0 unspecified atom stereocenters. The Labute approximate surface area is 137 Å². The Bertz CT molecular complexity index is 557. The third-order valence-electron chi connectivity index (χ3n) is 4.41. The number of benzene rings is 1. The molecule has 1 saturated carbocycles. The van der Waals surface area contributed by atoms with Crippen molar-refractivity contribution in [3.05, 3.63) is 29.8 Å².